The summed E-state index contributed by atoms with van der Waals surface area (Å²) in [6, 6.07) is 11.7. The van der Waals surface area contributed by atoms with E-state index < -0.39 is 0 Å². The van der Waals surface area contributed by atoms with Crippen molar-refractivity contribution in [1.82, 2.24) is 15.1 Å². The van der Waals surface area contributed by atoms with Gasteiger partial charge in [0.15, 0.2) is 0 Å². The minimum absolute atomic E-state index is 0.0647. The number of carbonyl (C=O) groups excluding carboxylic acids is 1. The lowest BCUT2D eigenvalue weighted by molar-refractivity contribution is -0.0736. The second-order valence-corrected chi connectivity index (χ2v) is 6.07. The summed E-state index contributed by atoms with van der Waals surface area (Å²) in [4.78, 5) is 12.5. The van der Waals surface area contributed by atoms with Gasteiger partial charge in [-0.1, -0.05) is 30.3 Å². The van der Waals surface area contributed by atoms with E-state index in [-0.39, 0.29) is 18.1 Å². The van der Waals surface area contributed by atoms with Crippen molar-refractivity contribution < 1.29 is 14.3 Å². The highest BCUT2D eigenvalue weighted by Crippen LogP contribution is 2.15. The summed E-state index contributed by atoms with van der Waals surface area (Å²) in [5.74, 6) is -0.127. The molecule has 3 rings (SSSR count). The Bertz CT molecular complexity index is 684. The fraction of sp³-hybridized carbons (Fsp3) is 0.444. The van der Waals surface area contributed by atoms with Crippen molar-refractivity contribution in [3.63, 3.8) is 0 Å². The van der Waals surface area contributed by atoms with Gasteiger partial charge in [-0.3, -0.25) is 9.48 Å². The smallest absolute Gasteiger partial charge is 0.269 e. The SMILES string of the molecule is Cc1cc(C(=O)N[C@@H]2CCOC[C@H]2OCc2ccccc2)n(C)n1. The number of rotatable bonds is 5. The molecule has 1 saturated heterocycles. The summed E-state index contributed by atoms with van der Waals surface area (Å²) in [5, 5.41) is 7.29. The van der Waals surface area contributed by atoms with Crippen molar-refractivity contribution in [2.24, 2.45) is 7.05 Å². The summed E-state index contributed by atoms with van der Waals surface area (Å²) >= 11 is 0. The van der Waals surface area contributed by atoms with Crippen molar-refractivity contribution >= 4 is 5.91 Å². The molecule has 0 unspecified atom stereocenters. The Morgan fingerprint density at radius 3 is 2.92 bits per heavy atom. The first-order valence-electron chi connectivity index (χ1n) is 8.18. The summed E-state index contributed by atoms with van der Waals surface area (Å²) in [7, 11) is 1.77. The van der Waals surface area contributed by atoms with E-state index in [0.717, 1.165) is 17.7 Å². The number of nitrogens with zero attached hydrogens (tertiary/aromatic N) is 2. The van der Waals surface area contributed by atoms with Gasteiger partial charge in [-0.2, -0.15) is 5.10 Å². The van der Waals surface area contributed by atoms with Crippen LogP contribution in [0.15, 0.2) is 36.4 Å². The van der Waals surface area contributed by atoms with E-state index in [1.54, 1.807) is 17.8 Å². The average molecular weight is 329 g/mol. The number of hydrogen-bond donors (Lipinski definition) is 1. The molecular formula is C18H23N3O3. The highest BCUT2D eigenvalue weighted by atomic mass is 16.5. The lowest BCUT2D eigenvalue weighted by Gasteiger charge is -2.32. The number of benzene rings is 1. The molecular weight excluding hydrogens is 306 g/mol. The molecule has 1 N–H and O–H groups in total. The van der Waals surface area contributed by atoms with Gasteiger partial charge in [-0.15, -0.1) is 0 Å². The number of nitrogens with one attached hydrogen (secondary N) is 1. The molecule has 0 saturated carbocycles. The number of carbonyl (C=O) groups is 1. The van der Waals surface area contributed by atoms with E-state index in [9.17, 15) is 4.79 Å². The zero-order valence-corrected chi connectivity index (χ0v) is 14.1. The zero-order valence-electron chi connectivity index (χ0n) is 14.1. The van der Waals surface area contributed by atoms with Crippen LogP contribution >= 0.6 is 0 Å². The molecule has 0 spiro atoms. The summed E-state index contributed by atoms with van der Waals surface area (Å²) in [5.41, 5.74) is 2.49. The maximum absolute atomic E-state index is 12.5. The van der Waals surface area contributed by atoms with E-state index in [0.29, 0.717) is 25.5 Å². The Balaban J connectivity index is 1.61. The van der Waals surface area contributed by atoms with E-state index in [4.69, 9.17) is 9.47 Å². The molecule has 0 aliphatic carbocycles. The standard InChI is InChI=1S/C18H23N3O3/c1-13-10-16(21(2)20-13)18(22)19-15-8-9-23-12-17(15)24-11-14-6-4-3-5-7-14/h3-7,10,15,17H,8-9,11-12H2,1-2H3,(H,19,22)/t15-,17-/m1/s1. The molecule has 2 heterocycles. The van der Waals surface area contributed by atoms with Crippen LogP contribution in [0, 0.1) is 6.92 Å². The van der Waals surface area contributed by atoms with E-state index in [2.05, 4.69) is 10.4 Å². The van der Waals surface area contributed by atoms with Gasteiger partial charge in [0.25, 0.3) is 5.91 Å². The highest BCUT2D eigenvalue weighted by molar-refractivity contribution is 5.92. The van der Waals surface area contributed by atoms with Crippen LogP contribution in [0.2, 0.25) is 0 Å². The van der Waals surface area contributed by atoms with Gasteiger partial charge in [0.1, 0.15) is 11.8 Å². The first-order valence-corrected chi connectivity index (χ1v) is 8.18. The third-order valence-electron chi connectivity index (χ3n) is 4.16. The van der Waals surface area contributed by atoms with Crippen molar-refractivity contribution in [3.8, 4) is 0 Å². The van der Waals surface area contributed by atoms with Gasteiger partial charge < -0.3 is 14.8 Å². The molecule has 6 heteroatoms. The van der Waals surface area contributed by atoms with Gasteiger partial charge >= 0.3 is 0 Å². The molecule has 1 fully saturated rings. The zero-order chi connectivity index (χ0) is 16.9. The monoisotopic (exact) mass is 329 g/mol. The number of aryl methyl sites for hydroxylation is 2. The molecule has 128 valence electrons. The lowest BCUT2D eigenvalue weighted by atomic mass is 10.1. The molecule has 24 heavy (non-hydrogen) atoms. The van der Waals surface area contributed by atoms with Crippen molar-refractivity contribution in [3.05, 3.63) is 53.3 Å². The molecule has 2 aromatic rings. The predicted molar refractivity (Wildman–Crippen MR) is 89.7 cm³/mol. The number of hydrogen-bond acceptors (Lipinski definition) is 4. The fourth-order valence-corrected chi connectivity index (χ4v) is 2.88. The molecule has 1 amide bonds. The van der Waals surface area contributed by atoms with Crippen molar-refractivity contribution in [2.75, 3.05) is 13.2 Å². The Morgan fingerprint density at radius 2 is 2.21 bits per heavy atom. The Labute approximate surface area is 141 Å². The molecule has 1 aliphatic rings. The van der Waals surface area contributed by atoms with E-state index in [1.165, 1.54) is 0 Å². The quantitative estimate of drug-likeness (QED) is 0.909. The van der Waals surface area contributed by atoms with Crippen molar-refractivity contribution in [1.29, 1.82) is 0 Å². The van der Waals surface area contributed by atoms with Gasteiger partial charge in [0.2, 0.25) is 0 Å². The van der Waals surface area contributed by atoms with E-state index >= 15 is 0 Å². The second-order valence-electron chi connectivity index (χ2n) is 6.07. The molecule has 6 nitrogen and oxygen atoms in total. The first kappa shape index (κ1) is 16.7. The minimum atomic E-state index is -0.155. The van der Waals surface area contributed by atoms with Gasteiger partial charge in [0.05, 0.1) is 24.9 Å². The van der Waals surface area contributed by atoms with E-state index in [1.807, 2.05) is 37.3 Å². The van der Waals surface area contributed by atoms with Crippen LogP contribution in [-0.4, -0.2) is 41.0 Å². The molecule has 0 radical (unpaired) electrons. The van der Waals surface area contributed by atoms with Crippen LogP contribution in [-0.2, 0) is 23.1 Å². The second kappa shape index (κ2) is 7.59. The summed E-state index contributed by atoms with van der Waals surface area (Å²) < 4.78 is 13.1. The van der Waals surface area contributed by atoms with Crippen LogP contribution < -0.4 is 5.32 Å². The predicted octanol–water partition coefficient (Wildman–Crippen LogP) is 1.83. The molecule has 2 atom stereocenters. The van der Waals surface area contributed by atoms with Gasteiger partial charge in [-0.05, 0) is 25.0 Å². The number of aromatic nitrogens is 2. The van der Waals surface area contributed by atoms with Crippen LogP contribution in [0.25, 0.3) is 0 Å². The first-order chi connectivity index (χ1) is 11.6. The Hall–Kier alpha value is -2.18. The molecule has 1 aromatic carbocycles. The van der Waals surface area contributed by atoms with Gasteiger partial charge in [-0.25, -0.2) is 0 Å². The summed E-state index contributed by atoms with van der Waals surface area (Å²) in [6.07, 6.45) is 0.583. The number of amides is 1. The highest BCUT2D eigenvalue weighted by Gasteiger charge is 2.29. The van der Waals surface area contributed by atoms with Crippen LogP contribution in [0.3, 0.4) is 0 Å². The maximum atomic E-state index is 12.5. The van der Waals surface area contributed by atoms with Gasteiger partial charge in [0, 0.05) is 13.7 Å². The Morgan fingerprint density at radius 1 is 1.42 bits per heavy atom. The fourth-order valence-electron chi connectivity index (χ4n) is 2.88. The van der Waals surface area contributed by atoms with Crippen LogP contribution in [0.5, 0.6) is 0 Å². The number of ether oxygens (including phenoxy) is 2. The van der Waals surface area contributed by atoms with Crippen LogP contribution in [0.4, 0.5) is 0 Å². The topological polar surface area (TPSA) is 65.4 Å². The maximum Gasteiger partial charge on any atom is 0.269 e. The minimum Gasteiger partial charge on any atom is -0.379 e. The molecule has 1 aromatic heterocycles. The third kappa shape index (κ3) is 4.01. The average Bonchev–Trinajstić information content (AvgIpc) is 2.93. The van der Waals surface area contributed by atoms with Crippen molar-refractivity contribution in [2.45, 2.75) is 32.1 Å². The lowest BCUT2D eigenvalue weighted by Crippen LogP contribution is -2.50. The van der Waals surface area contributed by atoms with Crippen LogP contribution in [0.1, 0.15) is 28.2 Å². The normalized spacial score (nSPS) is 20.8. The summed E-state index contributed by atoms with van der Waals surface area (Å²) in [6.45, 7) is 3.49. The Kier molecular flexibility index (Phi) is 5.27. The third-order valence-corrected chi connectivity index (χ3v) is 4.16. The molecule has 1 aliphatic heterocycles. The largest absolute Gasteiger partial charge is 0.379 e. The molecule has 0 bridgehead atoms.